The predicted molar refractivity (Wildman–Crippen MR) is 57.5 cm³/mol. The van der Waals surface area contributed by atoms with Crippen LogP contribution in [0.5, 0.6) is 5.75 Å². The molecule has 0 fully saturated rings. The zero-order valence-electron chi connectivity index (χ0n) is 7.58. The maximum absolute atomic E-state index is 11.3. The summed E-state index contributed by atoms with van der Waals surface area (Å²) in [5.74, 6) is 0.604. The first-order chi connectivity index (χ1) is 6.59. The van der Waals surface area contributed by atoms with Gasteiger partial charge in [0.1, 0.15) is 5.75 Å². The lowest BCUT2D eigenvalue weighted by atomic mass is 10.2. The molecule has 4 nitrogen and oxygen atoms in total. The van der Waals surface area contributed by atoms with Crippen LogP contribution in [0.1, 0.15) is 0 Å². The van der Waals surface area contributed by atoms with Crippen LogP contribution in [0.3, 0.4) is 0 Å². The molecule has 1 aromatic carbocycles. The van der Waals surface area contributed by atoms with Crippen molar-refractivity contribution in [2.24, 2.45) is 0 Å². The van der Waals surface area contributed by atoms with E-state index in [1.807, 2.05) is 0 Å². The molecule has 0 unspecified atom stereocenters. The average molecular weight is 257 g/mol. The molecule has 0 spiro atoms. The van der Waals surface area contributed by atoms with Gasteiger partial charge in [0.15, 0.2) is 6.61 Å². The van der Waals surface area contributed by atoms with Gasteiger partial charge < -0.3 is 15.4 Å². The Labute approximate surface area is 89.8 Å². The number of anilines is 2. The maximum Gasteiger partial charge on any atom is 0.264 e. The smallest absolute Gasteiger partial charge is 0.264 e. The van der Waals surface area contributed by atoms with Crippen molar-refractivity contribution in [3.05, 3.63) is 16.6 Å². The highest BCUT2D eigenvalue weighted by Gasteiger charge is 2.22. The Morgan fingerprint density at radius 1 is 1.57 bits per heavy atom. The third-order valence-corrected chi connectivity index (χ3v) is 2.85. The number of ether oxygens (including phenoxy) is 1. The van der Waals surface area contributed by atoms with E-state index in [9.17, 15) is 4.79 Å². The van der Waals surface area contributed by atoms with Gasteiger partial charge in [0.2, 0.25) is 0 Å². The van der Waals surface area contributed by atoms with Gasteiger partial charge in [-0.15, -0.1) is 0 Å². The van der Waals surface area contributed by atoms with E-state index in [0.29, 0.717) is 17.1 Å². The van der Waals surface area contributed by atoms with E-state index in [1.54, 1.807) is 24.1 Å². The highest BCUT2D eigenvalue weighted by molar-refractivity contribution is 9.10. The minimum absolute atomic E-state index is 0.0702. The second-order valence-electron chi connectivity index (χ2n) is 3.08. The molecule has 0 atom stereocenters. The van der Waals surface area contributed by atoms with Crippen LogP contribution < -0.4 is 15.4 Å². The van der Waals surface area contributed by atoms with Crippen molar-refractivity contribution in [1.29, 1.82) is 0 Å². The number of nitrogens with two attached hydrogens (primary N) is 1. The lowest BCUT2D eigenvalue weighted by molar-refractivity contribution is -0.120. The monoisotopic (exact) mass is 256 g/mol. The largest absolute Gasteiger partial charge is 0.482 e. The van der Waals surface area contributed by atoms with Gasteiger partial charge in [0.25, 0.3) is 5.91 Å². The number of fused-ring (bicyclic) bond motifs is 1. The fourth-order valence-corrected chi connectivity index (χ4v) is 1.63. The number of carbonyl (C=O) groups is 1. The van der Waals surface area contributed by atoms with Crippen molar-refractivity contribution in [1.82, 2.24) is 0 Å². The van der Waals surface area contributed by atoms with Gasteiger partial charge in [0.05, 0.1) is 5.69 Å². The van der Waals surface area contributed by atoms with E-state index in [0.717, 1.165) is 4.47 Å². The highest BCUT2D eigenvalue weighted by atomic mass is 79.9. The minimum atomic E-state index is -0.0702. The molecular weight excluding hydrogens is 248 g/mol. The molecule has 0 saturated carbocycles. The standard InChI is InChI=1S/C9H9BrN2O2/c1-12-7-3-6(11)5(10)2-8(7)14-4-9(12)13/h2-3H,4,11H2,1H3. The number of rotatable bonds is 0. The molecule has 1 aliphatic heterocycles. The summed E-state index contributed by atoms with van der Waals surface area (Å²) < 4.78 is 6.04. The fourth-order valence-electron chi connectivity index (χ4n) is 1.31. The van der Waals surface area contributed by atoms with Crippen LogP contribution in [0.25, 0.3) is 0 Å². The number of likely N-dealkylation sites (N-methyl/N-ethyl adjacent to an activating group) is 1. The Bertz CT molecular complexity index is 406. The molecule has 0 saturated heterocycles. The number of carbonyl (C=O) groups excluding carboxylic acids is 1. The molecule has 0 bridgehead atoms. The summed E-state index contributed by atoms with van der Waals surface area (Å²) in [6.45, 7) is 0.0832. The van der Waals surface area contributed by atoms with Crippen molar-refractivity contribution in [2.45, 2.75) is 0 Å². The minimum Gasteiger partial charge on any atom is -0.482 e. The highest BCUT2D eigenvalue weighted by Crippen LogP contribution is 2.37. The molecule has 74 valence electrons. The number of hydrogen-bond donors (Lipinski definition) is 1. The Balaban J connectivity index is 2.55. The van der Waals surface area contributed by atoms with Crippen LogP contribution in [0.4, 0.5) is 11.4 Å². The van der Waals surface area contributed by atoms with Crippen molar-refractivity contribution < 1.29 is 9.53 Å². The molecule has 14 heavy (non-hydrogen) atoms. The Morgan fingerprint density at radius 2 is 2.29 bits per heavy atom. The second kappa shape index (κ2) is 3.16. The summed E-state index contributed by atoms with van der Waals surface area (Å²) in [6, 6.07) is 3.49. The first-order valence-electron chi connectivity index (χ1n) is 4.08. The zero-order valence-corrected chi connectivity index (χ0v) is 9.17. The van der Waals surface area contributed by atoms with Gasteiger partial charge in [-0.2, -0.15) is 0 Å². The van der Waals surface area contributed by atoms with E-state index >= 15 is 0 Å². The number of benzene rings is 1. The van der Waals surface area contributed by atoms with Crippen LogP contribution in [0.2, 0.25) is 0 Å². The summed E-state index contributed by atoms with van der Waals surface area (Å²) in [7, 11) is 1.71. The molecule has 1 amide bonds. The fraction of sp³-hybridized carbons (Fsp3) is 0.222. The zero-order chi connectivity index (χ0) is 10.3. The summed E-state index contributed by atoms with van der Waals surface area (Å²) in [4.78, 5) is 12.8. The van der Waals surface area contributed by atoms with Gasteiger partial charge in [-0.25, -0.2) is 0 Å². The van der Waals surface area contributed by atoms with Crippen molar-refractivity contribution >= 4 is 33.2 Å². The lowest BCUT2D eigenvalue weighted by Crippen LogP contribution is -2.35. The third kappa shape index (κ3) is 1.33. The Hall–Kier alpha value is -1.23. The predicted octanol–water partition coefficient (Wildman–Crippen LogP) is 1.39. The topological polar surface area (TPSA) is 55.6 Å². The number of halogens is 1. The van der Waals surface area contributed by atoms with Crippen LogP contribution in [-0.2, 0) is 4.79 Å². The van der Waals surface area contributed by atoms with Crippen LogP contribution in [0, 0.1) is 0 Å². The SMILES string of the molecule is CN1C(=O)COc2cc(Br)c(N)cc21. The van der Waals surface area contributed by atoms with Crippen molar-refractivity contribution in [2.75, 3.05) is 24.3 Å². The van der Waals surface area contributed by atoms with Gasteiger partial charge in [-0.1, -0.05) is 0 Å². The lowest BCUT2D eigenvalue weighted by Gasteiger charge is -2.26. The van der Waals surface area contributed by atoms with Gasteiger partial charge >= 0.3 is 0 Å². The van der Waals surface area contributed by atoms with E-state index in [-0.39, 0.29) is 12.5 Å². The summed E-state index contributed by atoms with van der Waals surface area (Å²) in [5, 5.41) is 0. The molecule has 0 aliphatic carbocycles. The molecule has 2 rings (SSSR count). The Kier molecular flexibility index (Phi) is 2.11. The number of amides is 1. The number of hydrogen-bond acceptors (Lipinski definition) is 3. The van der Waals surface area contributed by atoms with Crippen LogP contribution >= 0.6 is 15.9 Å². The summed E-state index contributed by atoms with van der Waals surface area (Å²) in [6.07, 6.45) is 0. The molecule has 0 radical (unpaired) electrons. The van der Waals surface area contributed by atoms with Gasteiger partial charge in [-0.3, -0.25) is 4.79 Å². The van der Waals surface area contributed by atoms with Gasteiger partial charge in [0, 0.05) is 17.2 Å². The molecule has 1 aromatic rings. The molecule has 2 N–H and O–H groups in total. The number of nitrogens with zero attached hydrogens (tertiary/aromatic N) is 1. The molecule has 1 heterocycles. The second-order valence-corrected chi connectivity index (χ2v) is 3.94. The first-order valence-corrected chi connectivity index (χ1v) is 4.87. The van der Waals surface area contributed by atoms with E-state index in [2.05, 4.69) is 15.9 Å². The maximum atomic E-state index is 11.3. The average Bonchev–Trinajstić information content (AvgIpc) is 2.15. The third-order valence-electron chi connectivity index (χ3n) is 2.16. The molecule has 5 heteroatoms. The van der Waals surface area contributed by atoms with E-state index in [1.165, 1.54) is 0 Å². The summed E-state index contributed by atoms with van der Waals surface area (Å²) >= 11 is 3.30. The van der Waals surface area contributed by atoms with E-state index in [4.69, 9.17) is 10.5 Å². The molecular formula is C9H9BrN2O2. The Morgan fingerprint density at radius 3 is 3.00 bits per heavy atom. The van der Waals surface area contributed by atoms with Crippen LogP contribution in [-0.4, -0.2) is 19.6 Å². The normalized spacial score (nSPS) is 15.0. The number of nitrogen functional groups attached to an aromatic ring is 1. The molecule has 1 aliphatic rings. The molecule has 0 aromatic heterocycles. The summed E-state index contributed by atoms with van der Waals surface area (Å²) in [5.41, 5.74) is 7.01. The van der Waals surface area contributed by atoms with Gasteiger partial charge in [-0.05, 0) is 28.1 Å². The first kappa shape index (κ1) is 9.33. The quantitative estimate of drug-likeness (QED) is 0.714. The van der Waals surface area contributed by atoms with Crippen LogP contribution in [0.15, 0.2) is 16.6 Å². The van der Waals surface area contributed by atoms with Crippen molar-refractivity contribution in [3.8, 4) is 5.75 Å². The van der Waals surface area contributed by atoms with Crippen molar-refractivity contribution in [3.63, 3.8) is 0 Å². The van der Waals surface area contributed by atoms with E-state index < -0.39 is 0 Å².